The number of alkyl halides is 3. The standard InChI is InChI=1S/C19H15F3N2O6/c1-29-23-16(18(27)28)14-8-3-2-5-12(14)10-30-24-15(17(25)26)11-6-4-7-13(9-11)19(20,21)22/h2-9H,10H2,1H3,(H,25,26)(H,27,28)/b23-16-,24-15-. The summed E-state index contributed by atoms with van der Waals surface area (Å²) in [5, 5.41) is 25.4. The number of halogens is 3. The van der Waals surface area contributed by atoms with Crippen molar-refractivity contribution in [1.29, 1.82) is 0 Å². The van der Waals surface area contributed by atoms with Crippen LogP contribution < -0.4 is 0 Å². The van der Waals surface area contributed by atoms with Crippen LogP contribution in [-0.2, 0) is 32.0 Å². The summed E-state index contributed by atoms with van der Waals surface area (Å²) < 4.78 is 38.6. The number of carboxylic acid groups (broad SMARTS) is 2. The van der Waals surface area contributed by atoms with E-state index >= 15 is 0 Å². The van der Waals surface area contributed by atoms with Gasteiger partial charge in [0.05, 0.1) is 5.56 Å². The van der Waals surface area contributed by atoms with Gasteiger partial charge in [-0.25, -0.2) is 9.59 Å². The third kappa shape index (κ3) is 5.56. The molecule has 0 aliphatic rings. The second-order valence-electron chi connectivity index (χ2n) is 5.68. The lowest BCUT2D eigenvalue weighted by molar-refractivity contribution is -0.137. The normalized spacial score (nSPS) is 12.4. The second kappa shape index (κ2) is 9.54. The SMILES string of the molecule is CO/N=C(\C(=O)O)c1ccccc1CO/N=C(\C(=O)O)c1cccc(C(F)(F)F)c1. The van der Waals surface area contributed by atoms with E-state index in [1.165, 1.54) is 19.2 Å². The van der Waals surface area contributed by atoms with Crippen LogP contribution in [0.3, 0.4) is 0 Å². The molecule has 11 heteroatoms. The monoisotopic (exact) mass is 424 g/mol. The van der Waals surface area contributed by atoms with Crippen LogP contribution in [-0.4, -0.2) is 40.7 Å². The maximum atomic E-state index is 12.9. The predicted molar refractivity (Wildman–Crippen MR) is 98.0 cm³/mol. The van der Waals surface area contributed by atoms with Crippen molar-refractivity contribution in [2.45, 2.75) is 12.8 Å². The van der Waals surface area contributed by atoms with Crippen LogP contribution in [0.5, 0.6) is 0 Å². The van der Waals surface area contributed by atoms with E-state index in [9.17, 15) is 33.0 Å². The molecule has 0 radical (unpaired) electrons. The molecule has 2 aromatic rings. The summed E-state index contributed by atoms with van der Waals surface area (Å²) in [6.07, 6.45) is -4.66. The van der Waals surface area contributed by atoms with Crippen LogP contribution in [0.4, 0.5) is 13.2 Å². The van der Waals surface area contributed by atoms with Crippen molar-refractivity contribution in [3.63, 3.8) is 0 Å². The molecular weight excluding hydrogens is 409 g/mol. The van der Waals surface area contributed by atoms with Crippen molar-refractivity contribution in [2.75, 3.05) is 7.11 Å². The Balaban J connectivity index is 2.32. The average molecular weight is 424 g/mol. The number of oxime groups is 2. The van der Waals surface area contributed by atoms with Crippen molar-refractivity contribution in [2.24, 2.45) is 10.3 Å². The van der Waals surface area contributed by atoms with Crippen LogP contribution in [0.2, 0.25) is 0 Å². The molecule has 0 aliphatic carbocycles. The van der Waals surface area contributed by atoms with E-state index in [2.05, 4.69) is 15.1 Å². The number of benzene rings is 2. The fourth-order valence-corrected chi connectivity index (χ4v) is 2.40. The van der Waals surface area contributed by atoms with Gasteiger partial charge in [-0.1, -0.05) is 46.7 Å². The van der Waals surface area contributed by atoms with Gasteiger partial charge in [0, 0.05) is 16.7 Å². The van der Waals surface area contributed by atoms with Crippen LogP contribution >= 0.6 is 0 Å². The average Bonchev–Trinajstić information content (AvgIpc) is 2.69. The number of nitrogens with zero attached hydrogens (tertiary/aromatic N) is 2. The van der Waals surface area contributed by atoms with Crippen molar-refractivity contribution in [1.82, 2.24) is 0 Å². The highest BCUT2D eigenvalue weighted by Crippen LogP contribution is 2.29. The molecule has 30 heavy (non-hydrogen) atoms. The maximum absolute atomic E-state index is 12.9. The van der Waals surface area contributed by atoms with Gasteiger partial charge in [0.1, 0.15) is 13.7 Å². The molecule has 0 bridgehead atoms. The van der Waals surface area contributed by atoms with Gasteiger partial charge in [-0.2, -0.15) is 13.2 Å². The van der Waals surface area contributed by atoms with E-state index in [-0.39, 0.29) is 23.3 Å². The van der Waals surface area contributed by atoms with Crippen LogP contribution in [0.1, 0.15) is 22.3 Å². The Morgan fingerprint density at radius 3 is 2.23 bits per heavy atom. The summed E-state index contributed by atoms with van der Waals surface area (Å²) in [4.78, 5) is 32.3. The number of aliphatic carboxylic acids is 2. The summed E-state index contributed by atoms with van der Waals surface area (Å²) in [7, 11) is 1.17. The molecular formula is C19H15F3N2O6. The molecule has 8 nitrogen and oxygen atoms in total. The fourth-order valence-electron chi connectivity index (χ4n) is 2.40. The fraction of sp³-hybridized carbons (Fsp3) is 0.158. The first-order chi connectivity index (χ1) is 14.1. The molecule has 0 atom stereocenters. The van der Waals surface area contributed by atoms with E-state index in [0.717, 1.165) is 18.2 Å². The lowest BCUT2D eigenvalue weighted by Gasteiger charge is -2.10. The zero-order chi connectivity index (χ0) is 22.3. The summed E-state index contributed by atoms with van der Waals surface area (Å²) in [6, 6.07) is 9.66. The van der Waals surface area contributed by atoms with Crippen LogP contribution in [0, 0.1) is 0 Å². The van der Waals surface area contributed by atoms with Crippen molar-refractivity contribution in [3.05, 3.63) is 70.8 Å². The van der Waals surface area contributed by atoms with Crippen molar-refractivity contribution < 1.29 is 42.6 Å². The van der Waals surface area contributed by atoms with E-state index in [1.54, 1.807) is 12.1 Å². The molecule has 0 amide bonds. The van der Waals surface area contributed by atoms with Gasteiger partial charge in [0.2, 0.25) is 0 Å². The number of carbonyl (C=O) groups is 2. The summed E-state index contributed by atoms with van der Waals surface area (Å²) >= 11 is 0. The quantitative estimate of drug-likeness (QED) is 0.497. The molecule has 0 aliphatic heterocycles. The highest BCUT2D eigenvalue weighted by atomic mass is 19.4. The zero-order valence-corrected chi connectivity index (χ0v) is 15.4. The Labute approximate surface area is 167 Å². The number of hydrogen-bond acceptors (Lipinski definition) is 6. The Morgan fingerprint density at radius 2 is 1.63 bits per heavy atom. The molecule has 0 heterocycles. The Kier molecular flexibility index (Phi) is 7.13. The maximum Gasteiger partial charge on any atom is 0.416 e. The van der Waals surface area contributed by atoms with E-state index in [1.807, 2.05) is 0 Å². The number of rotatable bonds is 8. The predicted octanol–water partition coefficient (Wildman–Crippen LogP) is 3.15. The van der Waals surface area contributed by atoms with E-state index in [4.69, 9.17) is 4.84 Å². The van der Waals surface area contributed by atoms with E-state index in [0.29, 0.717) is 6.07 Å². The number of carboxylic acids is 2. The minimum Gasteiger partial charge on any atom is -0.476 e. The molecule has 0 saturated heterocycles. The van der Waals surface area contributed by atoms with Gasteiger partial charge in [0.25, 0.3) is 0 Å². The Hall–Kier alpha value is -3.89. The molecule has 0 unspecified atom stereocenters. The first-order valence-electron chi connectivity index (χ1n) is 8.18. The van der Waals surface area contributed by atoms with Crippen molar-refractivity contribution in [3.8, 4) is 0 Å². The highest BCUT2D eigenvalue weighted by molar-refractivity contribution is 6.43. The summed E-state index contributed by atoms with van der Waals surface area (Å²) in [6.45, 7) is -0.373. The Bertz CT molecular complexity index is 1000. The van der Waals surface area contributed by atoms with Gasteiger partial charge in [0.15, 0.2) is 11.4 Å². The lowest BCUT2D eigenvalue weighted by Crippen LogP contribution is -2.18. The molecule has 0 spiro atoms. The topological polar surface area (TPSA) is 118 Å². The Morgan fingerprint density at radius 1 is 0.967 bits per heavy atom. The van der Waals surface area contributed by atoms with Crippen LogP contribution in [0.15, 0.2) is 58.8 Å². The molecule has 2 rings (SSSR count). The van der Waals surface area contributed by atoms with Gasteiger partial charge < -0.3 is 19.9 Å². The number of hydrogen-bond donors (Lipinski definition) is 2. The minimum atomic E-state index is -4.66. The second-order valence-corrected chi connectivity index (χ2v) is 5.68. The van der Waals surface area contributed by atoms with Crippen LogP contribution in [0.25, 0.3) is 0 Å². The summed E-state index contributed by atoms with van der Waals surface area (Å²) in [5.74, 6) is -2.97. The highest BCUT2D eigenvalue weighted by Gasteiger charge is 2.31. The molecule has 0 saturated carbocycles. The third-order valence-electron chi connectivity index (χ3n) is 3.70. The van der Waals surface area contributed by atoms with E-state index < -0.39 is 35.1 Å². The molecule has 0 fully saturated rings. The first-order valence-corrected chi connectivity index (χ1v) is 8.18. The summed E-state index contributed by atoms with van der Waals surface area (Å²) in [5.41, 5.74) is -2.09. The third-order valence-corrected chi connectivity index (χ3v) is 3.70. The lowest BCUT2D eigenvalue weighted by atomic mass is 10.0. The van der Waals surface area contributed by atoms with Gasteiger partial charge in [-0.15, -0.1) is 0 Å². The minimum absolute atomic E-state index is 0.137. The molecule has 2 aromatic carbocycles. The molecule has 158 valence electrons. The van der Waals surface area contributed by atoms with Crippen molar-refractivity contribution >= 4 is 23.4 Å². The largest absolute Gasteiger partial charge is 0.476 e. The smallest absolute Gasteiger partial charge is 0.416 e. The molecule has 0 aromatic heterocycles. The van der Waals surface area contributed by atoms with Gasteiger partial charge in [-0.05, 0) is 12.1 Å². The molecule has 2 N–H and O–H groups in total. The first kappa shape index (κ1) is 22.4. The zero-order valence-electron chi connectivity index (χ0n) is 15.4. The van der Waals surface area contributed by atoms with Gasteiger partial charge in [-0.3, -0.25) is 0 Å². The van der Waals surface area contributed by atoms with Gasteiger partial charge >= 0.3 is 18.1 Å².